The van der Waals surface area contributed by atoms with Gasteiger partial charge >= 0.3 is 0 Å². The molecular weight excluding hydrogens is 208 g/mol. The van der Waals surface area contributed by atoms with Crippen LogP contribution in [0.5, 0.6) is 0 Å². The molecule has 5 heteroatoms. The highest BCUT2D eigenvalue weighted by Gasteiger charge is 2.06. The van der Waals surface area contributed by atoms with Crippen LogP contribution in [-0.2, 0) is 0 Å². The molecule has 0 aliphatic rings. The second kappa shape index (κ2) is 4.63. The van der Waals surface area contributed by atoms with Crippen LogP contribution in [0.2, 0.25) is 0 Å². The molecule has 0 spiro atoms. The molecular formula is C10H14N4S. The van der Waals surface area contributed by atoms with Crippen molar-refractivity contribution in [2.24, 2.45) is 11.7 Å². The van der Waals surface area contributed by atoms with E-state index < -0.39 is 0 Å². The molecule has 2 rings (SSSR count). The van der Waals surface area contributed by atoms with Crippen molar-refractivity contribution in [1.82, 2.24) is 14.6 Å². The molecule has 0 amide bonds. The average Bonchev–Trinajstić information content (AvgIpc) is 2.69. The van der Waals surface area contributed by atoms with Gasteiger partial charge in [-0.2, -0.15) is 0 Å². The van der Waals surface area contributed by atoms with E-state index >= 15 is 0 Å². The number of hydrogen-bond donors (Lipinski definition) is 1. The van der Waals surface area contributed by atoms with Gasteiger partial charge in [0.25, 0.3) is 0 Å². The number of fused-ring (bicyclic) bond motifs is 1. The van der Waals surface area contributed by atoms with Crippen molar-refractivity contribution in [3.05, 3.63) is 24.4 Å². The molecule has 2 aromatic rings. The Balaban J connectivity index is 2.14. The maximum absolute atomic E-state index is 5.57. The fraction of sp³-hybridized carbons (Fsp3) is 0.400. The minimum atomic E-state index is 0.506. The summed E-state index contributed by atoms with van der Waals surface area (Å²) < 4.78 is 1.99. The highest BCUT2D eigenvalue weighted by atomic mass is 32.2. The van der Waals surface area contributed by atoms with E-state index in [9.17, 15) is 0 Å². The molecule has 1 atom stereocenters. The lowest BCUT2D eigenvalue weighted by molar-refractivity contribution is 0.674. The summed E-state index contributed by atoms with van der Waals surface area (Å²) in [5, 5.41) is 9.16. The van der Waals surface area contributed by atoms with Crippen molar-refractivity contribution in [2.45, 2.75) is 12.1 Å². The number of thioether (sulfide) groups is 1. The number of rotatable bonds is 4. The Bertz CT molecular complexity index is 440. The zero-order valence-electron chi connectivity index (χ0n) is 8.63. The van der Waals surface area contributed by atoms with Crippen LogP contribution in [0.15, 0.2) is 29.6 Å². The topological polar surface area (TPSA) is 56.2 Å². The first-order valence-electron chi connectivity index (χ1n) is 4.94. The second-order valence-electron chi connectivity index (χ2n) is 3.56. The zero-order valence-corrected chi connectivity index (χ0v) is 9.44. The van der Waals surface area contributed by atoms with Crippen LogP contribution in [0, 0.1) is 5.92 Å². The van der Waals surface area contributed by atoms with Gasteiger partial charge in [-0.3, -0.25) is 4.40 Å². The van der Waals surface area contributed by atoms with Gasteiger partial charge in [0, 0.05) is 11.9 Å². The van der Waals surface area contributed by atoms with Crippen molar-refractivity contribution in [1.29, 1.82) is 0 Å². The molecule has 1 unspecified atom stereocenters. The van der Waals surface area contributed by atoms with Crippen LogP contribution in [0.4, 0.5) is 0 Å². The third-order valence-corrected chi connectivity index (χ3v) is 3.45. The fourth-order valence-electron chi connectivity index (χ4n) is 1.20. The lowest BCUT2D eigenvalue weighted by atomic mass is 10.2. The molecule has 0 bridgehead atoms. The van der Waals surface area contributed by atoms with Gasteiger partial charge in [-0.25, -0.2) is 0 Å². The van der Waals surface area contributed by atoms with Gasteiger partial charge < -0.3 is 5.73 Å². The lowest BCUT2D eigenvalue weighted by Gasteiger charge is -2.05. The molecule has 2 aromatic heterocycles. The Morgan fingerprint density at radius 3 is 3.13 bits per heavy atom. The smallest absolute Gasteiger partial charge is 0.195 e. The molecule has 15 heavy (non-hydrogen) atoms. The highest BCUT2D eigenvalue weighted by Crippen LogP contribution is 2.18. The summed E-state index contributed by atoms with van der Waals surface area (Å²) in [6.45, 7) is 2.85. The summed E-state index contributed by atoms with van der Waals surface area (Å²) in [7, 11) is 0. The molecule has 0 saturated carbocycles. The van der Waals surface area contributed by atoms with Crippen molar-refractivity contribution < 1.29 is 0 Å². The van der Waals surface area contributed by atoms with E-state index in [2.05, 4.69) is 17.1 Å². The minimum Gasteiger partial charge on any atom is -0.330 e. The van der Waals surface area contributed by atoms with E-state index in [4.69, 9.17) is 5.73 Å². The molecule has 4 nitrogen and oxygen atoms in total. The van der Waals surface area contributed by atoms with E-state index in [0.717, 1.165) is 16.6 Å². The normalized spacial score (nSPS) is 13.2. The number of hydrogen-bond acceptors (Lipinski definition) is 4. The van der Waals surface area contributed by atoms with Gasteiger partial charge in [-0.15, -0.1) is 10.2 Å². The van der Waals surface area contributed by atoms with Crippen LogP contribution in [0.1, 0.15) is 6.92 Å². The van der Waals surface area contributed by atoms with Crippen molar-refractivity contribution in [3.8, 4) is 0 Å². The van der Waals surface area contributed by atoms with E-state index in [-0.39, 0.29) is 0 Å². The Morgan fingerprint density at radius 1 is 1.47 bits per heavy atom. The van der Waals surface area contributed by atoms with Gasteiger partial charge in [0.15, 0.2) is 10.8 Å². The van der Waals surface area contributed by atoms with Gasteiger partial charge in [0.1, 0.15) is 0 Å². The molecule has 0 aliphatic heterocycles. The van der Waals surface area contributed by atoms with Crippen LogP contribution in [0.25, 0.3) is 5.65 Å². The maximum atomic E-state index is 5.57. The molecule has 80 valence electrons. The largest absolute Gasteiger partial charge is 0.330 e. The summed E-state index contributed by atoms with van der Waals surface area (Å²) in [5.74, 6) is 1.48. The summed E-state index contributed by atoms with van der Waals surface area (Å²) in [6, 6.07) is 5.89. The summed E-state index contributed by atoms with van der Waals surface area (Å²) >= 11 is 1.70. The van der Waals surface area contributed by atoms with Crippen molar-refractivity contribution >= 4 is 17.4 Å². The molecule has 0 fully saturated rings. The number of nitrogens with zero attached hydrogens (tertiary/aromatic N) is 3. The first-order chi connectivity index (χ1) is 7.31. The van der Waals surface area contributed by atoms with Gasteiger partial charge in [-0.05, 0) is 24.6 Å². The fourth-order valence-corrected chi connectivity index (χ4v) is 2.16. The first kappa shape index (κ1) is 10.4. The molecule has 2 heterocycles. The average molecular weight is 222 g/mol. The predicted molar refractivity (Wildman–Crippen MR) is 61.9 cm³/mol. The van der Waals surface area contributed by atoms with Crippen LogP contribution in [0.3, 0.4) is 0 Å². The van der Waals surface area contributed by atoms with Crippen LogP contribution in [-0.4, -0.2) is 26.9 Å². The van der Waals surface area contributed by atoms with E-state index in [1.165, 1.54) is 0 Å². The molecule has 2 N–H and O–H groups in total. The quantitative estimate of drug-likeness (QED) is 0.795. The lowest BCUT2D eigenvalue weighted by Crippen LogP contribution is -2.12. The van der Waals surface area contributed by atoms with E-state index in [1.54, 1.807) is 11.8 Å². The SMILES string of the molecule is CC(CN)CSc1nnc2ccccn12. The molecule has 0 aliphatic carbocycles. The summed E-state index contributed by atoms with van der Waals surface area (Å²) in [5.41, 5.74) is 6.46. The molecule has 0 aromatic carbocycles. The molecule has 0 radical (unpaired) electrons. The second-order valence-corrected chi connectivity index (χ2v) is 4.55. The Hall–Kier alpha value is -1.07. The predicted octanol–water partition coefficient (Wildman–Crippen LogP) is 1.42. The number of aromatic nitrogens is 3. The van der Waals surface area contributed by atoms with Crippen LogP contribution < -0.4 is 5.73 Å². The van der Waals surface area contributed by atoms with Gasteiger partial charge in [0.05, 0.1) is 0 Å². The Labute approximate surface area is 92.9 Å². The van der Waals surface area contributed by atoms with Crippen LogP contribution >= 0.6 is 11.8 Å². The third kappa shape index (κ3) is 2.30. The first-order valence-corrected chi connectivity index (χ1v) is 5.92. The summed E-state index contributed by atoms with van der Waals surface area (Å²) in [4.78, 5) is 0. The van der Waals surface area contributed by atoms with E-state index in [1.807, 2.05) is 28.8 Å². The van der Waals surface area contributed by atoms with Crippen molar-refractivity contribution in [3.63, 3.8) is 0 Å². The molecule has 0 saturated heterocycles. The zero-order chi connectivity index (χ0) is 10.7. The van der Waals surface area contributed by atoms with Crippen molar-refractivity contribution in [2.75, 3.05) is 12.3 Å². The summed E-state index contributed by atoms with van der Waals surface area (Å²) in [6.07, 6.45) is 1.98. The minimum absolute atomic E-state index is 0.506. The van der Waals surface area contributed by atoms with E-state index in [0.29, 0.717) is 12.5 Å². The maximum Gasteiger partial charge on any atom is 0.195 e. The number of nitrogens with two attached hydrogens (primary N) is 1. The third-order valence-electron chi connectivity index (χ3n) is 2.18. The Morgan fingerprint density at radius 2 is 2.33 bits per heavy atom. The number of pyridine rings is 1. The van der Waals surface area contributed by atoms with Gasteiger partial charge in [-0.1, -0.05) is 24.8 Å². The monoisotopic (exact) mass is 222 g/mol. The van der Waals surface area contributed by atoms with Gasteiger partial charge in [0.2, 0.25) is 0 Å². The standard InChI is InChI=1S/C10H14N4S/c1-8(6-11)7-15-10-13-12-9-4-2-3-5-14(9)10/h2-5,8H,6-7,11H2,1H3. The highest BCUT2D eigenvalue weighted by molar-refractivity contribution is 7.99. The Kier molecular flexibility index (Phi) is 3.23.